The van der Waals surface area contributed by atoms with E-state index in [4.69, 9.17) is 0 Å². The standard InChI is InChI=1S/C39H34N2/c1-29-12-20-35(21-13-29)40(36-22-14-30(2)15-23-36)37-24-16-32(17-25-37)33-18-26-38(27-19-33)41(34-9-5-4-6-10-34)39-11-7-8-31(3)28-39/h4-28H,1-3H3. The summed E-state index contributed by atoms with van der Waals surface area (Å²) in [7, 11) is 0. The van der Waals surface area contributed by atoms with Crippen LogP contribution >= 0.6 is 0 Å². The molecule has 0 unspecified atom stereocenters. The second-order valence-electron chi connectivity index (χ2n) is 10.6. The molecule has 0 aromatic heterocycles. The zero-order chi connectivity index (χ0) is 28.2. The van der Waals surface area contributed by atoms with E-state index in [-0.39, 0.29) is 0 Å². The van der Waals surface area contributed by atoms with Crippen LogP contribution in [-0.4, -0.2) is 0 Å². The first-order valence-electron chi connectivity index (χ1n) is 14.1. The molecule has 0 atom stereocenters. The molecule has 0 heterocycles. The minimum Gasteiger partial charge on any atom is -0.311 e. The molecular formula is C39H34N2. The van der Waals surface area contributed by atoms with Crippen LogP contribution in [0.5, 0.6) is 0 Å². The van der Waals surface area contributed by atoms with Crippen LogP contribution in [0.2, 0.25) is 0 Å². The number of anilines is 6. The third kappa shape index (κ3) is 5.78. The van der Waals surface area contributed by atoms with Gasteiger partial charge in [0.05, 0.1) is 0 Å². The lowest BCUT2D eigenvalue weighted by Gasteiger charge is -2.26. The van der Waals surface area contributed by atoms with Gasteiger partial charge < -0.3 is 9.80 Å². The minimum atomic E-state index is 1.13. The first-order valence-corrected chi connectivity index (χ1v) is 14.1. The molecule has 6 aromatic rings. The smallest absolute Gasteiger partial charge is 0.0464 e. The van der Waals surface area contributed by atoms with Crippen molar-refractivity contribution in [3.63, 3.8) is 0 Å². The van der Waals surface area contributed by atoms with Gasteiger partial charge in [-0.25, -0.2) is 0 Å². The Morgan fingerprint density at radius 3 is 1.10 bits per heavy atom. The first kappa shape index (κ1) is 26.2. The summed E-state index contributed by atoms with van der Waals surface area (Å²) in [6.45, 7) is 6.39. The highest BCUT2D eigenvalue weighted by atomic mass is 15.1. The average molecular weight is 531 g/mol. The highest BCUT2D eigenvalue weighted by molar-refractivity contribution is 5.80. The fraction of sp³-hybridized carbons (Fsp3) is 0.0769. The number of nitrogens with zero attached hydrogens (tertiary/aromatic N) is 2. The van der Waals surface area contributed by atoms with Crippen molar-refractivity contribution in [2.45, 2.75) is 20.8 Å². The molecule has 0 aliphatic carbocycles. The van der Waals surface area contributed by atoms with Gasteiger partial charge in [0.1, 0.15) is 0 Å². The summed E-state index contributed by atoms with van der Waals surface area (Å²) in [5.74, 6) is 0. The van der Waals surface area contributed by atoms with Gasteiger partial charge in [-0.2, -0.15) is 0 Å². The molecule has 0 fully saturated rings. The molecule has 0 radical (unpaired) electrons. The van der Waals surface area contributed by atoms with Crippen LogP contribution < -0.4 is 9.80 Å². The van der Waals surface area contributed by atoms with Crippen molar-refractivity contribution >= 4 is 34.1 Å². The van der Waals surface area contributed by atoms with Gasteiger partial charge in [-0.15, -0.1) is 0 Å². The molecule has 0 aliphatic rings. The molecule has 0 saturated carbocycles. The van der Waals surface area contributed by atoms with E-state index in [0.717, 1.165) is 34.1 Å². The molecule has 6 rings (SSSR count). The van der Waals surface area contributed by atoms with E-state index in [1.54, 1.807) is 0 Å². The van der Waals surface area contributed by atoms with Gasteiger partial charge >= 0.3 is 0 Å². The summed E-state index contributed by atoms with van der Waals surface area (Å²) in [6, 6.07) is 54.3. The maximum Gasteiger partial charge on any atom is 0.0464 e. The maximum atomic E-state index is 2.31. The normalized spacial score (nSPS) is 10.8. The Morgan fingerprint density at radius 2 is 0.659 bits per heavy atom. The van der Waals surface area contributed by atoms with E-state index in [9.17, 15) is 0 Å². The number of rotatable bonds is 7. The second-order valence-corrected chi connectivity index (χ2v) is 10.6. The Bertz CT molecular complexity index is 1670. The van der Waals surface area contributed by atoms with Gasteiger partial charge in [0, 0.05) is 34.1 Å². The fourth-order valence-electron chi connectivity index (χ4n) is 5.23. The molecule has 0 amide bonds. The van der Waals surface area contributed by atoms with E-state index in [0.29, 0.717) is 0 Å². The van der Waals surface area contributed by atoms with Gasteiger partial charge in [-0.3, -0.25) is 0 Å². The van der Waals surface area contributed by atoms with Crippen molar-refractivity contribution in [2.75, 3.05) is 9.80 Å². The van der Waals surface area contributed by atoms with Crippen LogP contribution in [0.3, 0.4) is 0 Å². The van der Waals surface area contributed by atoms with Gasteiger partial charge in [-0.05, 0) is 110 Å². The van der Waals surface area contributed by atoms with Crippen molar-refractivity contribution in [1.82, 2.24) is 0 Å². The zero-order valence-electron chi connectivity index (χ0n) is 23.8. The van der Waals surface area contributed by atoms with Crippen molar-refractivity contribution in [1.29, 1.82) is 0 Å². The Kier molecular flexibility index (Phi) is 7.38. The lowest BCUT2D eigenvalue weighted by atomic mass is 10.0. The quantitative estimate of drug-likeness (QED) is 0.202. The Hall–Kier alpha value is -5.08. The summed E-state index contributed by atoms with van der Waals surface area (Å²) in [4.78, 5) is 4.62. The maximum absolute atomic E-state index is 2.31. The van der Waals surface area contributed by atoms with Crippen LogP contribution in [0.25, 0.3) is 11.1 Å². The van der Waals surface area contributed by atoms with Crippen LogP contribution in [0.15, 0.2) is 152 Å². The average Bonchev–Trinajstić information content (AvgIpc) is 3.01. The van der Waals surface area contributed by atoms with E-state index < -0.39 is 0 Å². The van der Waals surface area contributed by atoms with Gasteiger partial charge in [0.15, 0.2) is 0 Å². The molecule has 0 N–H and O–H groups in total. The third-order valence-electron chi connectivity index (χ3n) is 7.44. The lowest BCUT2D eigenvalue weighted by Crippen LogP contribution is -2.10. The van der Waals surface area contributed by atoms with Crippen molar-refractivity contribution < 1.29 is 0 Å². The van der Waals surface area contributed by atoms with Crippen molar-refractivity contribution in [3.8, 4) is 11.1 Å². The first-order chi connectivity index (χ1) is 20.0. The van der Waals surface area contributed by atoms with Crippen molar-refractivity contribution in [3.05, 3.63) is 168 Å². The van der Waals surface area contributed by atoms with E-state index in [1.165, 1.54) is 27.8 Å². The van der Waals surface area contributed by atoms with E-state index >= 15 is 0 Å². The molecule has 2 nitrogen and oxygen atoms in total. The second kappa shape index (κ2) is 11.6. The molecule has 0 saturated heterocycles. The summed E-state index contributed by atoms with van der Waals surface area (Å²) in [5, 5.41) is 0. The predicted molar refractivity (Wildman–Crippen MR) is 175 cm³/mol. The molecule has 0 bridgehead atoms. The van der Waals surface area contributed by atoms with Gasteiger partial charge in [0.2, 0.25) is 0 Å². The highest BCUT2D eigenvalue weighted by Gasteiger charge is 2.14. The van der Waals surface area contributed by atoms with Gasteiger partial charge in [-0.1, -0.05) is 90.0 Å². The fourth-order valence-corrected chi connectivity index (χ4v) is 5.23. The van der Waals surface area contributed by atoms with E-state index in [2.05, 4.69) is 182 Å². The Labute approximate surface area is 243 Å². The Morgan fingerprint density at radius 1 is 0.293 bits per heavy atom. The van der Waals surface area contributed by atoms with Crippen LogP contribution in [0, 0.1) is 20.8 Å². The molecular weight excluding hydrogens is 496 g/mol. The molecule has 41 heavy (non-hydrogen) atoms. The summed E-state index contributed by atoms with van der Waals surface area (Å²) in [5.41, 5.74) is 13.0. The summed E-state index contributed by atoms with van der Waals surface area (Å²) >= 11 is 0. The van der Waals surface area contributed by atoms with Crippen LogP contribution in [0.4, 0.5) is 34.1 Å². The lowest BCUT2D eigenvalue weighted by molar-refractivity contribution is 1.27. The Balaban J connectivity index is 1.32. The topological polar surface area (TPSA) is 6.48 Å². The molecule has 0 aliphatic heterocycles. The monoisotopic (exact) mass is 530 g/mol. The zero-order valence-corrected chi connectivity index (χ0v) is 23.8. The largest absolute Gasteiger partial charge is 0.311 e. The third-order valence-corrected chi connectivity index (χ3v) is 7.44. The predicted octanol–water partition coefficient (Wildman–Crippen LogP) is 11.2. The van der Waals surface area contributed by atoms with Crippen LogP contribution in [-0.2, 0) is 0 Å². The number of benzene rings is 6. The number of aryl methyl sites for hydroxylation is 3. The van der Waals surface area contributed by atoms with Gasteiger partial charge in [0.25, 0.3) is 0 Å². The molecule has 0 spiro atoms. The molecule has 2 heteroatoms. The SMILES string of the molecule is Cc1ccc(N(c2ccc(C)cc2)c2ccc(-c3ccc(N(c4ccccc4)c4cccc(C)c4)cc3)cc2)cc1. The van der Waals surface area contributed by atoms with E-state index in [1.807, 2.05) is 0 Å². The number of hydrogen-bond donors (Lipinski definition) is 0. The number of hydrogen-bond acceptors (Lipinski definition) is 2. The summed E-state index contributed by atoms with van der Waals surface area (Å²) < 4.78 is 0. The highest BCUT2D eigenvalue weighted by Crippen LogP contribution is 2.38. The van der Waals surface area contributed by atoms with Crippen LogP contribution in [0.1, 0.15) is 16.7 Å². The van der Waals surface area contributed by atoms with Crippen molar-refractivity contribution in [2.24, 2.45) is 0 Å². The summed E-state index contributed by atoms with van der Waals surface area (Å²) in [6.07, 6.45) is 0. The number of para-hydroxylation sites is 1. The molecule has 6 aromatic carbocycles. The molecule has 200 valence electrons. The minimum absolute atomic E-state index is 1.13.